The second-order valence-electron chi connectivity index (χ2n) is 8.35. The Balaban J connectivity index is 1.71. The van der Waals surface area contributed by atoms with E-state index in [4.69, 9.17) is 35.7 Å². The molecule has 18 heteroatoms. The van der Waals surface area contributed by atoms with Crippen LogP contribution in [0.5, 0.6) is 11.5 Å². The molecule has 2 aromatic carbocycles. The Morgan fingerprint density at radius 1 is 0.833 bits per heavy atom. The van der Waals surface area contributed by atoms with Crippen LogP contribution in [0.3, 0.4) is 0 Å². The van der Waals surface area contributed by atoms with Gasteiger partial charge in [0.1, 0.15) is 17.5 Å². The van der Waals surface area contributed by atoms with E-state index in [1.807, 2.05) is 0 Å². The summed E-state index contributed by atoms with van der Waals surface area (Å²) in [7, 11) is 0. The van der Waals surface area contributed by atoms with E-state index in [9.17, 15) is 19.5 Å². The van der Waals surface area contributed by atoms with Gasteiger partial charge in [-0.1, -0.05) is 24.3 Å². The van der Waals surface area contributed by atoms with Crippen LogP contribution in [0.25, 0.3) is 0 Å². The molecule has 42 heavy (non-hydrogen) atoms. The third-order valence-electron chi connectivity index (χ3n) is 5.20. The maximum atomic E-state index is 12.2. The van der Waals surface area contributed by atoms with Gasteiger partial charge in [-0.05, 0) is 61.1 Å². The van der Waals surface area contributed by atoms with E-state index >= 15 is 0 Å². The first-order chi connectivity index (χ1) is 20.0. The lowest BCUT2D eigenvalue weighted by Gasteiger charge is -2.15. The fourth-order valence-electron chi connectivity index (χ4n) is 3.35. The highest BCUT2D eigenvalue weighted by Crippen LogP contribution is 2.15. The molecule has 2 rings (SSSR count). The highest BCUT2D eigenvalue weighted by molar-refractivity contribution is 5.92. The van der Waals surface area contributed by atoms with Gasteiger partial charge in [0.25, 0.3) is 0 Å². The number of guanidine groups is 1. The maximum absolute atomic E-state index is 12.2. The van der Waals surface area contributed by atoms with E-state index in [0.29, 0.717) is 11.1 Å². The number of carboxylic acid groups (broad SMARTS) is 1. The molecule has 1 atom stereocenters. The molecular formula is C24H32N6O12. The first-order valence-corrected chi connectivity index (χ1v) is 12.3. The van der Waals surface area contributed by atoms with Crippen molar-refractivity contribution in [1.29, 1.82) is 5.41 Å². The van der Waals surface area contributed by atoms with E-state index < -0.39 is 40.9 Å². The summed E-state index contributed by atoms with van der Waals surface area (Å²) < 4.78 is 10.2. The predicted octanol–water partition coefficient (Wildman–Crippen LogP) is 1.43. The molecule has 0 saturated carbocycles. The van der Waals surface area contributed by atoms with Crippen LogP contribution in [0, 0.1) is 5.41 Å². The van der Waals surface area contributed by atoms with Crippen molar-refractivity contribution in [3.8, 4) is 11.5 Å². The van der Waals surface area contributed by atoms with Crippen molar-refractivity contribution in [3.63, 3.8) is 0 Å². The molecule has 0 aliphatic carbocycles. The van der Waals surface area contributed by atoms with E-state index in [2.05, 4.69) is 25.6 Å². The van der Waals surface area contributed by atoms with Crippen LogP contribution in [0.2, 0.25) is 0 Å². The largest absolute Gasteiger partial charge is 0.480 e. The molecule has 0 bridgehead atoms. The van der Waals surface area contributed by atoms with Gasteiger partial charge in [0.05, 0.1) is 24.0 Å². The molecule has 0 aromatic heterocycles. The van der Waals surface area contributed by atoms with Crippen molar-refractivity contribution >= 4 is 24.1 Å². The van der Waals surface area contributed by atoms with E-state index in [1.54, 1.807) is 24.3 Å². The topological polar surface area (TPSA) is 256 Å². The number of amides is 2. The van der Waals surface area contributed by atoms with Gasteiger partial charge in [-0.3, -0.25) is 41.2 Å². The molecule has 0 aliphatic heterocycles. The molecular weight excluding hydrogens is 564 g/mol. The number of hydrogen-bond acceptors (Lipinski definition) is 14. The van der Waals surface area contributed by atoms with Crippen molar-refractivity contribution < 1.29 is 59.5 Å². The Kier molecular flexibility index (Phi) is 14.6. The monoisotopic (exact) mass is 596 g/mol. The van der Waals surface area contributed by atoms with Crippen molar-refractivity contribution in [1.82, 2.24) is 26.7 Å². The average Bonchev–Trinajstić information content (AvgIpc) is 2.90. The summed E-state index contributed by atoms with van der Waals surface area (Å²) in [6.07, 6.45) is -1.22. The number of ether oxygens (including phenoxy) is 2. The molecule has 0 fully saturated rings. The van der Waals surface area contributed by atoms with Crippen LogP contribution >= 0.6 is 0 Å². The number of aliphatic carboxylic acids is 1. The number of carbonyl (C=O) groups is 3. The first kappa shape index (κ1) is 33.8. The van der Waals surface area contributed by atoms with Gasteiger partial charge in [0, 0.05) is 6.54 Å². The van der Waals surface area contributed by atoms with Gasteiger partial charge in [0.15, 0.2) is 5.96 Å². The molecule has 0 spiro atoms. The van der Waals surface area contributed by atoms with Crippen molar-refractivity contribution in [3.05, 3.63) is 59.7 Å². The van der Waals surface area contributed by atoms with Crippen LogP contribution in [-0.2, 0) is 27.3 Å². The Morgan fingerprint density at radius 2 is 1.36 bits per heavy atom. The van der Waals surface area contributed by atoms with Crippen LogP contribution in [0.15, 0.2) is 48.5 Å². The summed E-state index contributed by atoms with van der Waals surface area (Å²) in [5.41, 5.74) is 1.33. The fraction of sp³-hybridized carbons (Fsp3) is 0.333. The SMILES string of the molecule is N=C(NCCCC(NC(=O)Oc1cccc(CCON(O)O)c1)C(=O)O)NC(=O)Oc1cccc(CCON(O)O)c1. The molecule has 230 valence electrons. The highest BCUT2D eigenvalue weighted by Gasteiger charge is 2.21. The third kappa shape index (κ3) is 14.3. The van der Waals surface area contributed by atoms with Crippen LogP contribution in [0.4, 0.5) is 9.59 Å². The lowest BCUT2D eigenvalue weighted by molar-refractivity contribution is -0.492. The number of hydrogen-bond donors (Lipinski definition) is 9. The lowest BCUT2D eigenvalue weighted by atomic mass is 10.1. The first-order valence-electron chi connectivity index (χ1n) is 12.3. The average molecular weight is 597 g/mol. The van der Waals surface area contributed by atoms with Crippen LogP contribution < -0.4 is 25.4 Å². The molecule has 0 saturated heterocycles. The number of nitrogens with zero attached hydrogens (tertiary/aromatic N) is 2. The zero-order chi connectivity index (χ0) is 30.9. The second kappa shape index (κ2) is 18.1. The summed E-state index contributed by atoms with van der Waals surface area (Å²) in [6, 6.07) is 11.3. The normalized spacial score (nSPS) is 11.6. The second-order valence-corrected chi connectivity index (χ2v) is 8.35. The highest BCUT2D eigenvalue weighted by atomic mass is 17.1. The molecule has 2 amide bonds. The third-order valence-corrected chi connectivity index (χ3v) is 5.20. The van der Waals surface area contributed by atoms with Crippen molar-refractivity contribution in [2.75, 3.05) is 19.8 Å². The summed E-state index contributed by atoms with van der Waals surface area (Å²) in [6.45, 7) is -0.0149. The van der Waals surface area contributed by atoms with Gasteiger partial charge in [-0.15, -0.1) is 0 Å². The maximum Gasteiger partial charge on any atom is 0.419 e. The zero-order valence-electron chi connectivity index (χ0n) is 22.1. The van der Waals surface area contributed by atoms with Gasteiger partial charge < -0.3 is 25.2 Å². The minimum absolute atomic E-state index is 0.0216. The molecule has 0 heterocycles. The Morgan fingerprint density at radius 3 is 1.86 bits per heavy atom. The minimum Gasteiger partial charge on any atom is -0.480 e. The Bertz CT molecular complexity index is 1180. The quantitative estimate of drug-likeness (QED) is 0.0575. The molecule has 0 aliphatic rings. The summed E-state index contributed by atoms with van der Waals surface area (Å²) in [5.74, 6) is -1.39. The number of carboxylic acids is 1. The van der Waals surface area contributed by atoms with Gasteiger partial charge in [-0.25, -0.2) is 14.4 Å². The van der Waals surface area contributed by atoms with E-state index in [-0.39, 0.29) is 56.9 Å². The lowest BCUT2D eigenvalue weighted by Crippen LogP contribution is -2.44. The smallest absolute Gasteiger partial charge is 0.419 e. The molecule has 18 nitrogen and oxygen atoms in total. The zero-order valence-corrected chi connectivity index (χ0v) is 22.1. The molecule has 1 unspecified atom stereocenters. The number of nitrogens with one attached hydrogen (secondary N) is 4. The van der Waals surface area contributed by atoms with E-state index in [0.717, 1.165) is 0 Å². The molecule has 2 aromatic rings. The number of rotatable bonds is 16. The predicted molar refractivity (Wildman–Crippen MR) is 138 cm³/mol. The Hall–Kier alpha value is -4.40. The van der Waals surface area contributed by atoms with Gasteiger partial charge in [0.2, 0.25) is 0 Å². The van der Waals surface area contributed by atoms with Crippen molar-refractivity contribution in [2.45, 2.75) is 31.7 Å². The summed E-state index contributed by atoms with van der Waals surface area (Å²) >= 11 is 0. The fourth-order valence-corrected chi connectivity index (χ4v) is 3.35. The van der Waals surface area contributed by atoms with Crippen LogP contribution in [-0.4, -0.2) is 86.6 Å². The Labute approximate surface area is 238 Å². The number of benzene rings is 2. The van der Waals surface area contributed by atoms with Crippen molar-refractivity contribution in [2.24, 2.45) is 0 Å². The molecule has 0 radical (unpaired) electrons. The number of carbonyl (C=O) groups excluding carboxylic acids is 2. The molecule has 9 N–H and O–H groups in total. The van der Waals surface area contributed by atoms with E-state index in [1.165, 1.54) is 24.3 Å². The van der Waals surface area contributed by atoms with Gasteiger partial charge in [-0.2, -0.15) is 0 Å². The minimum atomic E-state index is -1.30. The van der Waals surface area contributed by atoms with Gasteiger partial charge >= 0.3 is 18.2 Å². The standard InChI is InChI=1S/C24H32N6O12/c25-22(28-24(34)42-19-7-2-5-17(15-19)10-13-40-30(37)38)26-11-3-8-20(21(31)32)27-23(33)41-18-6-1-4-16(14-18)9-12-39-29(35)36/h1-2,4-7,14-15,20,35-38H,3,8-13H2,(H,27,33)(H,31,32)(H3,25,26,28,34). The van der Waals surface area contributed by atoms with Crippen LogP contribution in [0.1, 0.15) is 24.0 Å². The summed E-state index contributed by atoms with van der Waals surface area (Å²) in [4.78, 5) is 44.8. The summed E-state index contributed by atoms with van der Waals surface area (Å²) in [5, 5.41) is 57.6.